The molecule has 3 rings (SSSR count). The number of esters is 1. The Balaban J connectivity index is 1.75. The lowest BCUT2D eigenvalue weighted by Crippen LogP contribution is -2.27. The van der Waals surface area contributed by atoms with Crippen molar-refractivity contribution in [2.24, 2.45) is 0 Å². The van der Waals surface area contributed by atoms with E-state index in [1.54, 1.807) is 55.5 Å². The SMILES string of the molecule is CCn1nc(C(=O)OCC(=O)Nc2cccc(OC)c2)c2ccccc2c1=O. The molecule has 0 aliphatic carbocycles. The van der Waals surface area contributed by atoms with Crippen LogP contribution in [0.2, 0.25) is 0 Å². The van der Waals surface area contributed by atoms with Crippen LogP contribution in [0.5, 0.6) is 5.75 Å². The molecule has 1 amide bonds. The van der Waals surface area contributed by atoms with Crippen molar-refractivity contribution in [1.82, 2.24) is 9.78 Å². The molecule has 0 spiro atoms. The van der Waals surface area contributed by atoms with Crippen LogP contribution in [0.1, 0.15) is 17.4 Å². The standard InChI is InChI=1S/C20H19N3O5/c1-3-23-19(25)16-10-5-4-9-15(16)18(22-23)20(26)28-12-17(24)21-13-7-6-8-14(11-13)27-2/h4-11H,3,12H2,1-2H3,(H,21,24). The maximum Gasteiger partial charge on any atom is 0.359 e. The number of carbonyl (C=O) groups is 2. The van der Waals surface area contributed by atoms with Crippen LogP contribution < -0.4 is 15.6 Å². The second kappa shape index (κ2) is 8.34. The molecule has 3 aromatic rings. The van der Waals surface area contributed by atoms with Crippen molar-refractivity contribution in [3.8, 4) is 5.75 Å². The number of carbonyl (C=O) groups excluding carboxylic acids is 2. The summed E-state index contributed by atoms with van der Waals surface area (Å²) in [6.45, 7) is 1.57. The first-order chi connectivity index (χ1) is 13.5. The number of aromatic nitrogens is 2. The van der Waals surface area contributed by atoms with E-state index in [4.69, 9.17) is 9.47 Å². The first-order valence-electron chi connectivity index (χ1n) is 8.64. The Morgan fingerprint density at radius 1 is 1.11 bits per heavy atom. The van der Waals surface area contributed by atoms with E-state index in [2.05, 4.69) is 10.4 Å². The van der Waals surface area contributed by atoms with Gasteiger partial charge in [0.05, 0.1) is 12.5 Å². The summed E-state index contributed by atoms with van der Waals surface area (Å²) in [6.07, 6.45) is 0. The maximum atomic E-state index is 12.5. The maximum absolute atomic E-state index is 12.5. The van der Waals surface area contributed by atoms with E-state index in [9.17, 15) is 14.4 Å². The van der Waals surface area contributed by atoms with Gasteiger partial charge in [-0.1, -0.05) is 24.3 Å². The number of rotatable bonds is 6. The second-order valence-electron chi connectivity index (χ2n) is 5.87. The third kappa shape index (κ3) is 4.01. The van der Waals surface area contributed by atoms with E-state index in [1.165, 1.54) is 11.8 Å². The fourth-order valence-electron chi connectivity index (χ4n) is 2.70. The Labute approximate surface area is 160 Å². The minimum absolute atomic E-state index is 0.00812. The van der Waals surface area contributed by atoms with Crippen molar-refractivity contribution in [2.75, 3.05) is 19.0 Å². The molecule has 0 atom stereocenters. The molecule has 8 nitrogen and oxygen atoms in total. The Kier molecular flexibility index (Phi) is 5.69. The quantitative estimate of drug-likeness (QED) is 0.657. The highest BCUT2D eigenvalue weighted by molar-refractivity contribution is 6.03. The van der Waals surface area contributed by atoms with E-state index in [0.717, 1.165) is 0 Å². The van der Waals surface area contributed by atoms with Gasteiger partial charge in [0.15, 0.2) is 12.3 Å². The van der Waals surface area contributed by atoms with E-state index in [1.807, 2.05) is 0 Å². The van der Waals surface area contributed by atoms with E-state index < -0.39 is 18.5 Å². The predicted molar refractivity (Wildman–Crippen MR) is 104 cm³/mol. The van der Waals surface area contributed by atoms with Gasteiger partial charge in [0.25, 0.3) is 11.5 Å². The topological polar surface area (TPSA) is 99.5 Å². The molecule has 0 aliphatic heterocycles. The molecule has 8 heteroatoms. The molecule has 144 valence electrons. The van der Waals surface area contributed by atoms with Crippen LogP contribution >= 0.6 is 0 Å². The van der Waals surface area contributed by atoms with Gasteiger partial charge in [0.2, 0.25) is 0 Å². The van der Waals surface area contributed by atoms with Crippen LogP contribution in [0, 0.1) is 0 Å². The molecule has 1 heterocycles. The normalized spacial score (nSPS) is 10.5. The molecule has 2 aromatic carbocycles. The van der Waals surface area contributed by atoms with Gasteiger partial charge in [-0.3, -0.25) is 9.59 Å². The van der Waals surface area contributed by atoms with Crippen LogP contribution in [0.25, 0.3) is 10.8 Å². The molecular weight excluding hydrogens is 362 g/mol. The van der Waals surface area contributed by atoms with Gasteiger partial charge < -0.3 is 14.8 Å². The van der Waals surface area contributed by atoms with Crippen molar-refractivity contribution in [2.45, 2.75) is 13.5 Å². The molecule has 0 bridgehead atoms. The molecule has 0 unspecified atom stereocenters. The summed E-state index contributed by atoms with van der Waals surface area (Å²) in [5.41, 5.74) is 0.222. The van der Waals surface area contributed by atoms with Gasteiger partial charge >= 0.3 is 5.97 Å². The van der Waals surface area contributed by atoms with E-state index in [0.29, 0.717) is 28.8 Å². The van der Waals surface area contributed by atoms with Crippen molar-refractivity contribution in [1.29, 1.82) is 0 Å². The summed E-state index contributed by atoms with van der Waals surface area (Å²) in [7, 11) is 1.52. The molecule has 0 radical (unpaired) electrons. The van der Waals surface area contributed by atoms with Gasteiger partial charge in [0, 0.05) is 23.7 Å². The zero-order valence-corrected chi connectivity index (χ0v) is 15.5. The predicted octanol–water partition coefficient (Wildman–Crippen LogP) is 2.22. The minimum atomic E-state index is -0.779. The number of fused-ring (bicyclic) bond motifs is 1. The summed E-state index contributed by atoms with van der Waals surface area (Å²) < 4.78 is 11.4. The lowest BCUT2D eigenvalue weighted by molar-refractivity contribution is -0.119. The van der Waals surface area contributed by atoms with Crippen LogP contribution in [-0.2, 0) is 16.1 Å². The van der Waals surface area contributed by atoms with Crippen molar-refractivity contribution >= 4 is 28.3 Å². The van der Waals surface area contributed by atoms with E-state index in [-0.39, 0.29) is 11.3 Å². The Bertz CT molecular complexity index is 1090. The fourth-order valence-corrected chi connectivity index (χ4v) is 2.70. The largest absolute Gasteiger partial charge is 0.497 e. The Morgan fingerprint density at radius 3 is 2.57 bits per heavy atom. The Morgan fingerprint density at radius 2 is 1.86 bits per heavy atom. The van der Waals surface area contributed by atoms with Gasteiger partial charge in [0.1, 0.15) is 5.75 Å². The highest BCUT2D eigenvalue weighted by atomic mass is 16.5. The summed E-state index contributed by atoms with van der Waals surface area (Å²) >= 11 is 0. The number of methoxy groups -OCH3 is 1. The molecule has 0 saturated heterocycles. The first kappa shape index (κ1) is 19.1. The zero-order chi connectivity index (χ0) is 20.1. The molecule has 28 heavy (non-hydrogen) atoms. The van der Waals surface area contributed by atoms with Crippen molar-refractivity contribution < 1.29 is 19.1 Å². The van der Waals surface area contributed by atoms with Crippen molar-refractivity contribution in [3.05, 3.63) is 64.6 Å². The number of amides is 1. The van der Waals surface area contributed by atoms with Gasteiger partial charge in [-0.25, -0.2) is 9.48 Å². The highest BCUT2D eigenvalue weighted by Gasteiger charge is 2.18. The monoisotopic (exact) mass is 381 g/mol. The number of hydrogen-bond acceptors (Lipinski definition) is 6. The van der Waals surface area contributed by atoms with E-state index >= 15 is 0 Å². The summed E-state index contributed by atoms with van der Waals surface area (Å²) in [6, 6.07) is 13.5. The smallest absolute Gasteiger partial charge is 0.359 e. The summed E-state index contributed by atoms with van der Waals surface area (Å²) in [5.74, 6) is -0.693. The van der Waals surface area contributed by atoms with Gasteiger partial charge in [-0.15, -0.1) is 0 Å². The lowest BCUT2D eigenvalue weighted by atomic mass is 10.1. The molecular formula is C20H19N3O5. The van der Waals surface area contributed by atoms with Crippen LogP contribution in [0.15, 0.2) is 53.3 Å². The number of aryl methyl sites for hydroxylation is 1. The fraction of sp³-hybridized carbons (Fsp3) is 0.200. The highest BCUT2D eigenvalue weighted by Crippen LogP contribution is 2.17. The zero-order valence-electron chi connectivity index (χ0n) is 15.5. The molecule has 0 saturated carbocycles. The average Bonchev–Trinajstić information content (AvgIpc) is 2.72. The molecule has 0 fully saturated rings. The number of benzene rings is 2. The number of ether oxygens (including phenoxy) is 2. The number of anilines is 1. The first-order valence-corrected chi connectivity index (χ1v) is 8.64. The third-order valence-corrected chi connectivity index (χ3v) is 4.05. The Hall–Kier alpha value is -3.68. The van der Waals surface area contributed by atoms with Crippen LogP contribution in [0.4, 0.5) is 5.69 Å². The van der Waals surface area contributed by atoms with Gasteiger partial charge in [-0.2, -0.15) is 5.10 Å². The number of nitrogens with one attached hydrogen (secondary N) is 1. The van der Waals surface area contributed by atoms with Gasteiger partial charge in [-0.05, 0) is 25.1 Å². The number of nitrogens with zero attached hydrogens (tertiary/aromatic N) is 2. The second-order valence-corrected chi connectivity index (χ2v) is 5.87. The summed E-state index contributed by atoms with van der Waals surface area (Å²) in [5, 5.41) is 7.46. The summed E-state index contributed by atoms with van der Waals surface area (Å²) in [4.78, 5) is 36.9. The average molecular weight is 381 g/mol. The molecule has 1 aromatic heterocycles. The number of hydrogen-bond donors (Lipinski definition) is 1. The third-order valence-electron chi connectivity index (χ3n) is 4.05. The van der Waals surface area contributed by atoms with Crippen LogP contribution in [-0.4, -0.2) is 35.4 Å². The lowest BCUT2D eigenvalue weighted by Gasteiger charge is -2.10. The minimum Gasteiger partial charge on any atom is -0.497 e. The molecule has 1 N–H and O–H groups in total. The van der Waals surface area contributed by atoms with Crippen molar-refractivity contribution in [3.63, 3.8) is 0 Å². The molecule has 0 aliphatic rings. The van der Waals surface area contributed by atoms with Crippen LogP contribution in [0.3, 0.4) is 0 Å².